The molecule has 2 aromatic heterocycles. The van der Waals surface area contributed by atoms with Gasteiger partial charge in [-0.3, -0.25) is 5.10 Å². The van der Waals surface area contributed by atoms with Gasteiger partial charge >= 0.3 is 0 Å². The lowest BCUT2D eigenvalue weighted by Crippen LogP contribution is -2.43. The minimum Gasteiger partial charge on any atom is -0.338 e. The second-order valence-corrected chi connectivity index (χ2v) is 4.73. The van der Waals surface area contributed by atoms with Gasteiger partial charge in [0.15, 0.2) is 5.82 Å². The molecule has 3 N–H and O–H groups in total. The highest BCUT2D eigenvalue weighted by molar-refractivity contribution is 7.03. The lowest BCUT2D eigenvalue weighted by molar-refractivity contribution is 0.500. The number of rotatable bonds is 2. The second kappa shape index (κ2) is 4.38. The summed E-state index contributed by atoms with van der Waals surface area (Å²) in [6.45, 7) is 1.77. The van der Waals surface area contributed by atoms with Gasteiger partial charge in [-0.1, -0.05) is 4.49 Å². The Balaban J connectivity index is 1.80. The maximum Gasteiger partial charge on any atom is 0.245 e. The Labute approximate surface area is 102 Å². The first-order chi connectivity index (χ1) is 8.33. The van der Waals surface area contributed by atoms with Crippen molar-refractivity contribution in [2.75, 3.05) is 18.0 Å². The third-order valence-corrected chi connectivity index (χ3v) is 3.32. The number of aromatic nitrogens is 5. The predicted octanol–water partition coefficient (Wildman–Crippen LogP) is 0.251. The number of piperidine rings is 1. The molecule has 0 bridgehead atoms. The van der Waals surface area contributed by atoms with Crippen molar-refractivity contribution in [3.63, 3.8) is 0 Å². The number of H-pyrrole nitrogens is 1. The van der Waals surface area contributed by atoms with Gasteiger partial charge in [0, 0.05) is 24.5 Å². The van der Waals surface area contributed by atoms with E-state index in [1.807, 2.05) is 5.38 Å². The van der Waals surface area contributed by atoms with Gasteiger partial charge in [0.05, 0.1) is 0 Å². The Bertz CT molecular complexity index is 479. The van der Waals surface area contributed by atoms with Gasteiger partial charge in [-0.25, -0.2) is 0 Å². The highest BCUT2D eigenvalue weighted by atomic mass is 32.1. The molecule has 0 amide bonds. The molecule has 7 nitrogen and oxygen atoms in total. The average Bonchev–Trinajstić information content (AvgIpc) is 3.00. The van der Waals surface area contributed by atoms with Crippen LogP contribution in [0, 0.1) is 0 Å². The smallest absolute Gasteiger partial charge is 0.245 e. The Morgan fingerprint density at radius 2 is 2.47 bits per heavy atom. The summed E-state index contributed by atoms with van der Waals surface area (Å²) in [7, 11) is 0. The molecule has 1 atom stereocenters. The van der Waals surface area contributed by atoms with Crippen LogP contribution in [0.4, 0.5) is 5.95 Å². The maximum absolute atomic E-state index is 5.94. The van der Waals surface area contributed by atoms with Gasteiger partial charge in [0.1, 0.15) is 5.69 Å². The van der Waals surface area contributed by atoms with Crippen molar-refractivity contribution >= 4 is 17.5 Å². The minimum atomic E-state index is 0.214. The van der Waals surface area contributed by atoms with Gasteiger partial charge in [0.2, 0.25) is 5.95 Å². The number of aromatic amines is 1. The molecule has 17 heavy (non-hydrogen) atoms. The third-order valence-electron chi connectivity index (χ3n) is 2.82. The molecule has 1 aliphatic heterocycles. The van der Waals surface area contributed by atoms with Gasteiger partial charge in [-0.05, 0) is 24.4 Å². The minimum absolute atomic E-state index is 0.214. The lowest BCUT2D eigenvalue weighted by Gasteiger charge is -2.29. The molecule has 2 aromatic rings. The fraction of sp³-hybridized carbons (Fsp3) is 0.556. The highest BCUT2D eigenvalue weighted by Gasteiger charge is 2.20. The zero-order valence-electron chi connectivity index (χ0n) is 9.20. The molecule has 0 aliphatic carbocycles. The van der Waals surface area contributed by atoms with Crippen LogP contribution >= 0.6 is 11.5 Å². The third kappa shape index (κ3) is 2.13. The Morgan fingerprint density at radius 3 is 3.24 bits per heavy atom. The molecular formula is C9H13N7S. The monoisotopic (exact) mass is 251 g/mol. The SMILES string of the molecule is NC1CCCN(c2n[nH]c(-c3csnn3)n2)C1. The number of hydrogen-bond acceptors (Lipinski definition) is 7. The van der Waals surface area contributed by atoms with Crippen LogP contribution in [-0.2, 0) is 0 Å². The first kappa shape index (κ1) is 10.6. The average molecular weight is 251 g/mol. The fourth-order valence-electron chi connectivity index (χ4n) is 1.97. The molecule has 3 heterocycles. The van der Waals surface area contributed by atoms with Crippen LogP contribution in [0.15, 0.2) is 5.38 Å². The lowest BCUT2D eigenvalue weighted by atomic mass is 10.1. The number of hydrogen-bond donors (Lipinski definition) is 2. The molecule has 0 spiro atoms. The summed E-state index contributed by atoms with van der Waals surface area (Å²) < 4.78 is 3.80. The first-order valence-corrected chi connectivity index (χ1v) is 6.37. The van der Waals surface area contributed by atoms with Crippen molar-refractivity contribution in [2.24, 2.45) is 5.73 Å². The molecule has 1 aliphatic rings. The van der Waals surface area contributed by atoms with E-state index in [-0.39, 0.29) is 6.04 Å². The zero-order valence-corrected chi connectivity index (χ0v) is 10.0. The maximum atomic E-state index is 5.94. The summed E-state index contributed by atoms with van der Waals surface area (Å²) >= 11 is 1.30. The summed E-state index contributed by atoms with van der Waals surface area (Å²) in [6.07, 6.45) is 2.16. The second-order valence-electron chi connectivity index (χ2n) is 4.12. The zero-order chi connectivity index (χ0) is 11.7. The molecule has 1 fully saturated rings. The van der Waals surface area contributed by atoms with Crippen LogP contribution in [0.3, 0.4) is 0 Å². The van der Waals surface area contributed by atoms with E-state index in [9.17, 15) is 0 Å². The first-order valence-electron chi connectivity index (χ1n) is 5.53. The molecule has 0 aromatic carbocycles. The van der Waals surface area contributed by atoms with Gasteiger partial charge in [0.25, 0.3) is 0 Å². The molecule has 1 unspecified atom stereocenters. The van der Waals surface area contributed by atoms with E-state index in [0.717, 1.165) is 31.6 Å². The molecule has 3 rings (SSSR count). The molecule has 0 radical (unpaired) electrons. The van der Waals surface area contributed by atoms with Crippen LogP contribution in [0.25, 0.3) is 11.5 Å². The van der Waals surface area contributed by atoms with E-state index < -0.39 is 0 Å². The standard InChI is InChI=1S/C9H13N7S/c10-6-2-1-3-16(4-6)9-11-8(13-14-9)7-5-17-15-12-7/h5-6H,1-4,10H2,(H,11,13,14). The molecule has 90 valence electrons. The van der Waals surface area contributed by atoms with E-state index in [0.29, 0.717) is 11.8 Å². The van der Waals surface area contributed by atoms with Crippen LogP contribution < -0.4 is 10.6 Å². The van der Waals surface area contributed by atoms with Gasteiger partial charge in [-0.2, -0.15) is 4.98 Å². The Kier molecular flexibility index (Phi) is 2.73. The van der Waals surface area contributed by atoms with Gasteiger partial charge < -0.3 is 10.6 Å². The van der Waals surface area contributed by atoms with Crippen molar-refractivity contribution in [1.82, 2.24) is 24.8 Å². The van der Waals surface area contributed by atoms with E-state index >= 15 is 0 Å². The van der Waals surface area contributed by atoms with E-state index in [1.165, 1.54) is 11.5 Å². The van der Waals surface area contributed by atoms with Crippen LogP contribution in [0.1, 0.15) is 12.8 Å². The summed E-state index contributed by atoms with van der Waals surface area (Å²) in [5.74, 6) is 1.36. The normalized spacial score (nSPS) is 20.8. The molecule has 0 saturated carbocycles. The summed E-state index contributed by atoms with van der Waals surface area (Å²) in [5.41, 5.74) is 6.67. The Morgan fingerprint density at radius 1 is 1.53 bits per heavy atom. The summed E-state index contributed by atoms with van der Waals surface area (Å²) in [4.78, 5) is 6.52. The summed E-state index contributed by atoms with van der Waals surface area (Å²) in [6, 6.07) is 0.214. The van der Waals surface area contributed by atoms with Crippen molar-refractivity contribution in [1.29, 1.82) is 0 Å². The quantitative estimate of drug-likeness (QED) is 0.794. The largest absolute Gasteiger partial charge is 0.338 e. The number of nitrogens with two attached hydrogens (primary N) is 1. The number of nitrogens with zero attached hydrogens (tertiary/aromatic N) is 5. The van der Waals surface area contributed by atoms with E-state index in [2.05, 4.69) is 29.7 Å². The van der Waals surface area contributed by atoms with Crippen molar-refractivity contribution in [3.8, 4) is 11.5 Å². The highest BCUT2D eigenvalue weighted by Crippen LogP contribution is 2.18. The molecule has 8 heteroatoms. The van der Waals surface area contributed by atoms with Crippen LogP contribution in [0.5, 0.6) is 0 Å². The van der Waals surface area contributed by atoms with Crippen molar-refractivity contribution < 1.29 is 0 Å². The molecular weight excluding hydrogens is 238 g/mol. The molecule has 1 saturated heterocycles. The summed E-state index contributed by atoms with van der Waals surface area (Å²) in [5, 5.41) is 12.9. The Hall–Kier alpha value is -1.54. The topological polar surface area (TPSA) is 96.6 Å². The number of nitrogens with one attached hydrogen (secondary N) is 1. The number of anilines is 1. The fourth-order valence-corrected chi connectivity index (χ4v) is 2.41. The van der Waals surface area contributed by atoms with Gasteiger partial charge in [-0.15, -0.1) is 10.2 Å². The van der Waals surface area contributed by atoms with E-state index in [4.69, 9.17) is 5.73 Å². The van der Waals surface area contributed by atoms with Crippen LogP contribution in [0.2, 0.25) is 0 Å². The van der Waals surface area contributed by atoms with Crippen molar-refractivity contribution in [3.05, 3.63) is 5.38 Å². The van der Waals surface area contributed by atoms with E-state index in [1.54, 1.807) is 0 Å². The van der Waals surface area contributed by atoms with Crippen LogP contribution in [-0.4, -0.2) is 43.9 Å². The predicted molar refractivity (Wildman–Crippen MR) is 64.7 cm³/mol. The van der Waals surface area contributed by atoms with Crippen molar-refractivity contribution in [2.45, 2.75) is 18.9 Å².